The Morgan fingerprint density at radius 2 is 1.63 bits per heavy atom. The summed E-state index contributed by atoms with van der Waals surface area (Å²) in [5.41, 5.74) is 6.30. The number of nitrogens with one attached hydrogen (secondary N) is 1. The Bertz CT molecular complexity index is 542. The first kappa shape index (κ1) is 13.6. The molecule has 1 N–H and O–H groups in total. The van der Waals surface area contributed by atoms with Gasteiger partial charge in [-0.3, -0.25) is 5.43 Å². The van der Waals surface area contributed by atoms with Crippen LogP contribution >= 0.6 is 11.6 Å². The summed E-state index contributed by atoms with van der Waals surface area (Å²) in [6.45, 7) is 4.37. The van der Waals surface area contributed by atoms with Gasteiger partial charge in [0, 0.05) is 5.02 Å². The molecule has 0 aromatic heterocycles. The molecule has 0 fully saturated rings. The van der Waals surface area contributed by atoms with Crippen molar-refractivity contribution in [1.29, 1.82) is 0 Å². The highest BCUT2D eigenvalue weighted by Gasteiger charge is 1.97. The number of benzene rings is 2. The Morgan fingerprint density at radius 3 is 2.21 bits per heavy atom. The molecule has 0 atom stereocenters. The van der Waals surface area contributed by atoms with Crippen LogP contribution in [0.5, 0.6) is 0 Å². The molecule has 0 aliphatic heterocycles. The van der Waals surface area contributed by atoms with E-state index >= 15 is 0 Å². The van der Waals surface area contributed by atoms with Gasteiger partial charge in [0.15, 0.2) is 0 Å². The van der Waals surface area contributed by atoms with E-state index in [1.54, 1.807) is 6.21 Å². The monoisotopic (exact) mass is 272 g/mol. The van der Waals surface area contributed by atoms with Crippen LogP contribution in [0.25, 0.3) is 0 Å². The van der Waals surface area contributed by atoms with E-state index in [-0.39, 0.29) is 0 Å². The zero-order valence-electron chi connectivity index (χ0n) is 11.1. The third-order valence-electron chi connectivity index (χ3n) is 2.85. The predicted octanol–water partition coefficient (Wildman–Crippen LogP) is 4.91. The summed E-state index contributed by atoms with van der Waals surface area (Å²) in [4.78, 5) is 0. The average Bonchev–Trinajstić information content (AvgIpc) is 2.41. The fourth-order valence-electron chi connectivity index (χ4n) is 1.67. The molecule has 2 aromatic carbocycles. The number of hydrogen-bond donors (Lipinski definition) is 1. The molecule has 0 aliphatic rings. The summed E-state index contributed by atoms with van der Waals surface area (Å²) in [5.74, 6) is 0.554. The molecule has 0 unspecified atom stereocenters. The number of halogens is 1. The maximum Gasteiger partial charge on any atom is 0.0562 e. The van der Waals surface area contributed by atoms with Gasteiger partial charge in [0.1, 0.15) is 0 Å². The average molecular weight is 273 g/mol. The Balaban J connectivity index is 1.97. The molecule has 0 bridgehead atoms. The summed E-state index contributed by atoms with van der Waals surface area (Å²) in [5, 5.41) is 4.92. The lowest BCUT2D eigenvalue weighted by Gasteiger charge is -2.04. The maximum atomic E-state index is 5.82. The van der Waals surface area contributed by atoms with Crippen molar-refractivity contribution in [2.45, 2.75) is 19.8 Å². The van der Waals surface area contributed by atoms with Gasteiger partial charge in [-0.2, -0.15) is 5.10 Å². The first-order chi connectivity index (χ1) is 9.15. The van der Waals surface area contributed by atoms with Crippen LogP contribution in [0, 0.1) is 0 Å². The maximum absolute atomic E-state index is 5.82. The van der Waals surface area contributed by atoms with Crippen LogP contribution in [-0.2, 0) is 0 Å². The SMILES string of the molecule is CC(C)c1ccc(/C=N/Nc2ccc(Cl)cc2)cc1. The van der Waals surface area contributed by atoms with Gasteiger partial charge in [0.2, 0.25) is 0 Å². The molecule has 2 nitrogen and oxygen atoms in total. The highest BCUT2D eigenvalue weighted by molar-refractivity contribution is 6.30. The number of hydrogen-bond acceptors (Lipinski definition) is 2. The minimum absolute atomic E-state index is 0.554. The van der Waals surface area contributed by atoms with Crippen molar-refractivity contribution in [1.82, 2.24) is 0 Å². The fraction of sp³-hybridized carbons (Fsp3) is 0.188. The number of hydrazone groups is 1. The lowest BCUT2D eigenvalue weighted by atomic mass is 10.0. The minimum atomic E-state index is 0.554. The number of nitrogens with zero attached hydrogens (tertiary/aromatic N) is 1. The standard InChI is InChI=1S/C16H17ClN2/c1-12(2)14-5-3-13(4-6-14)11-18-19-16-9-7-15(17)8-10-16/h3-12,19H,1-2H3/b18-11+. The third kappa shape index (κ3) is 4.11. The van der Waals surface area contributed by atoms with Crippen LogP contribution in [0.1, 0.15) is 30.9 Å². The molecule has 0 saturated heterocycles. The van der Waals surface area contributed by atoms with Gasteiger partial charge in [-0.05, 0) is 41.3 Å². The van der Waals surface area contributed by atoms with Gasteiger partial charge >= 0.3 is 0 Å². The lowest BCUT2D eigenvalue weighted by Crippen LogP contribution is -1.91. The quantitative estimate of drug-likeness (QED) is 0.621. The Labute approximate surface area is 119 Å². The molecule has 98 valence electrons. The first-order valence-electron chi connectivity index (χ1n) is 6.30. The highest BCUT2D eigenvalue weighted by atomic mass is 35.5. The summed E-state index contributed by atoms with van der Waals surface area (Å²) in [6, 6.07) is 15.9. The molecular weight excluding hydrogens is 256 g/mol. The zero-order valence-corrected chi connectivity index (χ0v) is 11.9. The summed E-state index contributed by atoms with van der Waals surface area (Å²) < 4.78 is 0. The molecule has 0 spiro atoms. The smallest absolute Gasteiger partial charge is 0.0562 e. The van der Waals surface area contributed by atoms with Crippen LogP contribution in [0.15, 0.2) is 53.6 Å². The van der Waals surface area contributed by atoms with Crippen molar-refractivity contribution >= 4 is 23.5 Å². The third-order valence-corrected chi connectivity index (χ3v) is 3.11. The summed E-state index contributed by atoms with van der Waals surface area (Å²) in [7, 11) is 0. The highest BCUT2D eigenvalue weighted by Crippen LogP contribution is 2.15. The Hall–Kier alpha value is -1.80. The van der Waals surface area contributed by atoms with Gasteiger partial charge < -0.3 is 0 Å². The van der Waals surface area contributed by atoms with Crippen molar-refractivity contribution in [3.63, 3.8) is 0 Å². The van der Waals surface area contributed by atoms with Crippen molar-refractivity contribution in [3.8, 4) is 0 Å². The molecule has 0 amide bonds. The van der Waals surface area contributed by atoms with Crippen molar-refractivity contribution < 1.29 is 0 Å². The second-order valence-electron chi connectivity index (χ2n) is 4.70. The van der Waals surface area contributed by atoms with Crippen LogP contribution in [0.4, 0.5) is 5.69 Å². The Kier molecular flexibility index (Phi) is 4.58. The molecule has 19 heavy (non-hydrogen) atoms. The van der Waals surface area contributed by atoms with E-state index in [4.69, 9.17) is 11.6 Å². The molecule has 0 heterocycles. The van der Waals surface area contributed by atoms with Gasteiger partial charge in [0.05, 0.1) is 11.9 Å². The zero-order chi connectivity index (χ0) is 13.7. The predicted molar refractivity (Wildman–Crippen MR) is 83.2 cm³/mol. The van der Waals surface area contributed by atoms with E-state index < -0.39 is 0 Å². The van der Waals surface area contributed by atoms with E-state index in [1.165, 1.54) is 5.56 Å². The van der Waals surface area contributed by atoms with Crippen molar-refractivity contribution in [2.24, 2.45) is 5.10 Å². The van der Waals surface area contributed by atoms with Gasteiger partial charge in [-0.1, -0.05) is 49.7 Å². The minimum Gasteiger partial charge on any atom is -0.279 e. The van der Waals surface area contributed by atoms with Crippen LogP contribution in [0.2, 0.25) is 5.02 Å². The van der Waals surface area contributed by atoms with E-state index in [0.29, 0.717) is 5.92 Å². The van der Waals surface area contributed by atoms with E-state index in [2.05, 4.69) is 48.6 Å². The summed E-state index contributed by atoms with van der Waals surface area (Å²) in [6.07, 6.45) is 1.80. The van der Waals surface area contributed by atoms with E-state index in [9.17, 15) is 0 Å². The second kappa shape index (κ2) is 6.39. The fourth-order valence-corrected chi connectivity index (χ4v) is 1.80. The lowest BCUT2D eigenvalue weighted by molar-refractivity contribution is 0.866. The van der Waals surface area contributed by atoms with Crippen LogP contribution < -0.4 is 5.43 Å². The van der Waals surface area contributed by atoms with E-state index in [0.717, 1.165) is 16.3 Å². The molecule has 0 radical (unpaired) electrons. The van der Waals surface area contributed by atoms with Gasteiger partial charge in [-0.25, -0.2) is 0 Å². The Morgan fingerprint density at radius 1 is 1.00 bits per heavy atom. The largest absolute Gasteiger partial charge is 0.279 e. The van der Waals surface area contributed by atoms with Gasteiger partial charge in [-0.15, -0.1) is 0 Å². The topological polar surface area (TPSA) is 24.4 Å². The number of anilines is 1. The number of rotatable bonds is 4. The normalized spacial score (nSPS) is 11.2. The first-order valence-corrected chi connectivity index (χ1v) is 6.67. The molecular formula is C16H17ClN2. The molecule has 2 aromatic rings. The van der Waals surface area contributed by atoms with E-state index in [1.807, 2.05) is 24.3 Å². The molecule has 0 saturated carbocycles. The second-order valence-corrected chi connectivity index (χ2v) is 5.13. The van der Waals surface area contributed by atoms with Crippen LogP contribution in [0.3, 0.4) is 0 Å². The summed E-state index contributed by atoms with van der Waals surface area (Å²) >= 11 is 5.82. The molecule has 0 aliphatic carbocycles. The van der Waals surface area contributed by atoms with Crippen molar-refractivity contribution in [2.75, 3.05) is 5.43 Å². The van der Waals surface area contributed by atoms with Crippen molar-refractivity contribution in [3.05, 3.63) is 64.7 Å². The molecule has 2 rings (SSSR count). The molecule has 3 heteroatoms. The van der Waals surface area contributed by atoms with Gasteiger partial charge in [0.25, 0.3) is 0 Å². The van der Waals surface area contributed by atoms with Crippen LogP contribution in [-0.4, -0.2) is 6.21 Å².